The van der Waals surface area contributed by atoms with Crippen LogP contribution in [-0.4, -0.2) is 19.1 Å². The molecule has 1 aromatic rings. The van der Waals surface area contributed by atoms with Crippen LogP contribution < -0.4 is 15.8 Å². The molecule has 1 unspecified atom stereocenters. The highest BCUT2D eigenvalue weighted by atomic mass is 16.5. The molecule has 0 aliphatic carbocycles. The molecule has 4 heteroatoms. The molecule has 1 amide bonds. The van der Waals surface area contributed by atoms with Gasteiger partial charge in [-0.2, -0.15) is 0 Å². The Bertz CT molecular complexity index is 351. The summed E-state index contributed by atoms with van der Waals surface area (Å²) in [7, 11) is 1.62. The Hall–Kier alpha value is -1.55. The highest BCUT2D eigenvalue weighted by molar-refractivity contribution is 5.76. The maximum atomic E-state index is 11.4. The van der Waals surface area contributed by atoms with E-state index in [4.69, 9.17) is 10.5 Å². The fourth-order valence-electron chi connectivity index (χ4n) is 1.35. The van der Waals surface area contributed by atoms with E-state index in [1.165, 1.54) is 0 Å². The van der Waals surface area contributed by atoms with Crippen molar-refractivity contribution in [1.29, 1.82) is 0 Å². The van der Waals surface area contributed by atoms with E-state index in [0.29, 0.717) is 13.0 Å². The summed E-state index contributed by atoms with van der Waals surface area (Å²) in [4.78, 5) is 11.4. The Kier molecular flexibility index (Phi) is 4.79. The quantitative estimate of drug-likeness (QED) is 0.782. The van der Waals surface area contributed by atoms with E-state index in [1.807, 2.05) is 31.2 Å². The largest absolute Gasteiger partial charge is 0.497 e. The molecule has 0 fully saturated rings. The molecule has 0 radical (unpaired) electrons. The van der Waals surface area contributed by atoms with Crippen LogP contribution in [0.3, 0.4) is 0 Å². The second kappa shape index (κ2) is 6.12. The second-order valence-corrected chi connectivity index (χ2v) is 3.81. The number of carbonyl (C=O) groups is 1. The summed E-state index contributed by atoms with van der Waals surface area (Å²) in [5.41, 5.74) is 6.54. The Morgan fingerprint density at radius 3 is 2.94 bits per heavy atom. The van der Waals surface area contributed by atoms with Crippen LogP contribution in [0.25, 0.3) is 0 Å². The minimum absolute atomic E-state index is 0.0298. The van der Waals surface area contributed by atoms with Crippen LogP contribution in [0.2, 0.25) is 0 Å². The van der Waals surface area contributed by atoms with Crippen molar-refractivity contribution in [2.24, 2.45) is 5.73 Å². The van der Waals surface area contributed by atoms with Gasteiger partial charge in [-0.05, 0) is 24.6 Å². The number of amides is 1. The zero-order valence-electron chi connectivity index (χ0n) is 9.69. The molecule has 0 bridgehead atoms. The second-order valence-electron chi connectivity index (χ2n) is 3.81. The van der Waals surface area contributed by atoms with E-state index in [0.717, 1.165) is 11.3 Å². The lowest BCUT2D eigenvalue weighted by molar-refractivity contribution is -0.121. The smallest absolute Gasteiger partial charge is 0.221 e. The van der Waals surface area contributed by atoms with Gasteiger partial charge in [0.05, 0.1) is 7.11 Å². The fraction of sp³-hybridized carbons (Fsp3) is 0.417. The van der Waals surface area contributed by atoms with Crippen LogP contribution in [-0.2, 0) is 11.3 Å². The van der Waals surface area contributed by atoms with Crippen molar-refractivity contribution in [1.82, 2.24) is 5.32 Å². The summed E-state index contributed by atoms with van der Waals surface area (Å²) in [5.74, 6) is 0.761. The summed E-state index contributed by atoms with van der Waals surface area (Å²) >= 11 is 0. The molecule has 88 valence electrons. The number of rotatable bonds is 5. The molecule has 4 nitrogen and oxygen atoms in total. The first-order valence-corrected chi connectivity index (χ1v) is 5.27. The van der Waals surface area contributed by atoms with Crippen molar-refractivity contribution in [2.75, 3.05) is 7.11 Å². The van der Waals surface area contributed by atoms with Gasteiger partial charge >= 0.3 is 0 Å². The molecular formula is C12H18N2O2. The van der Waals surface area contributed by atoms with Gasteiger partial charge in [-0.3, -0.25) is 4.79 Å². The molecule has 1 aromatic carbocycles. The number of carbonyl (C=O) groups excluding carboxylic acids is 1. The molecule has 3 N–H and O–H groups in total. The first-order valence-electron chi connectivity index (χ1n) is 5.27. The van der Waals surface area contributed by atoms with E-state index in [1.54, 1.807) is 7.11 Å². The first kappa shape index (κ1) is 12.5. The number of ether oxygens (including phenoxy) is 1. The van der Waals surface area contributed by atoms with Gasteiger partial charge in [0.15, 0.2) is 0 Å². The Balaban J connectivity index is 2.45. The molecule has 0 saturated carbocycles. The van der Waals surface area contributed by atoms with E-state index in [9.17, 15) is 4.79 Å². The van der Waals surface area contributed by atoms with Gasteiger partial charge in [-0.25, -0.2) is 0 Å². The third-order valence-corrected chi connectivity index (χ3v) is 2.13. The number of hydrogen-bond donors (Lipinski definition) is 2. The van der Waals surface area contributed by atoms with Gasteiger partial charge in [-0.15, -0.1) is 0 Å². The number of benzene rings is 1. The highest BCUT2D eigenvalue weighted by Crippen LogP contribution is 2.12. The summed E-state index contributed by atoms with van der Waals surface area (Å²) in [6.45, 7) is 2.31. The third kappa shape index (κ3) is 4.31. The summed E-state index contributed by atoms with van der Waals surface area (Å²) in [5, 5.41) is 2.81. The molecule has 16 heavy (non-hydrogen) atoms. The maximum absolute atomic E-state index is 11.4. The van der Waals surface area contributed by atoms with Gasteiger partial charge < -0.3 is 15.8 Å². The maximum Gasteiger partial charge on any atom is 0.221 e. The molecule has 0 aliphatic rings. The predicted molar refractivity (Wildman–Crippen MR) is 63.1 cm³/mol. The van der Waals surface area contributed by atoms with Crippen molar-refractivity contribution >= 4 is 5.91 Å². The topological polar surface area (TPSA) is 64.3 Å². The third-order valence-electron chi connectivity index (χ3n) is 2.13. The average molecular weight is 222 g/mol. The zero-order chi connectivity index (χ0) is 12.0. The Labute approximate surface area is 95.8 Å². The SMILES string of the molecule is COc1cccc(CNC(=O)CC(C)N)c1. The van der Waals surface area contributed by atoms with Crippen molar-refractivity contribution in [3.8, 4) is 5.75 Å². The van der Waals surface area contributed by atoms with Crippen LogP contribution in [0.1, 0.15) is 18.9 Å². The minimum atomic E-state index is -0.106. The van der Waals surface area contributed by atoms with Crippen LogP contribution in [0, 0.1) is 0 Å². The standard InChI is InChI=1S/C12H18N2O2/c1-9(13)6-12(15)14-8-10-4-3-5-11(7-10)16-2/h3-5,7,9H,6,8,13H2,1-2H3,(H,14,15). The van der Waals surface area contributed by atoms with Crippen molar-refractivity contribution in [2.45, 2.75) is 25.9 Å². The van der Waals surface area contributed by atoms with Crippen molar-refractivity contribution in [3.63, 3.8) is 0 Å². The molecule has 0 spiro atoms. The van der Waals surface area contributed by atoms with E-state index >= 15 is 0 Å². The number of nitrogens with two attached hydrogens (primary N) is 1. The van der Waals surface area contributed by atoms with Gasteiger partial charge in [0.2, 0.25) is 5.91 Å². The Morgan fingerprint density at radius 1 is 1.56 bits per heavy atom. The number of hydrogen-bond acceptors (Lipinski definition) is 3. The Morgan fingerprint density at radius 2 is 2.31 bits per heavy atom. The van der Waals surface area contributed by atoms with Gasteiger partial charge in [-0.1, -0.05) is 12.1 Å². The minimum Gasteiger partial charge on any atom is -0.497 e. The van der Waals surface area contributed by atoms with Crippen molar-refractivity contribution in [3.05, 3.63) is 29.8 Å². The molecule has 1 rings (SSSR count). The van der Waals surface area contributed by atoms with E-state index in [2.05, 4.69) is 5.32 Å². The number of methoxy groups -OCH3 is 1. The highest BCUT2D eigenvalue weighted by Gasteiger charge is 2.04. The number of nitrogens with one attached hydrogen (secondary N) is 1. The molecule has 0 aliphatic heterocycles. The fourth-order valence-corrected chi connectivity index (χ4v) is 1.35. The lowest BCUT2D eigenvalue weighted by Gasteiger charge is -2.08. The molecule has 0 aromatic heterocycles. The monoisotopic (exact) mass is 222 g/mol. The summed E-state index contributed by atoms with van der Waals surface area (Å²) in [6, 6.07) is 7.49. The summed E-state index contributed by atoms with van der Waals surface area (Å²) in [6.07, 6.45) is 0.351. The molecule has 1 atom stereocenters. The van der Waals surface area contributed by atoms with Crippen LogP contribution in [0.4, 0.5) is 0 Å². The van der Waals surface area contributed by atoms with Gasteiger partial charge in [0.1, 0.15) is 5.75 Å². The van der Waals surface area contributed by atoms with Crippen LogP contribution in [0.5, 0.6) is 5.75 Å². The van der Waals surface area contributed by atoms with Gasteiger partial charge in [0.25, 0.3) is 0 Å². The van der Waals surface area contributed by atoms with E-state index < -0.39 is 0 Å². The van der Waals surface area contributed by atoms with E-state index in [-0.39, 0.29) is 11.9 Å². The average Bonchev–Trinajstić information content (AvgIpc) is 2.26. The molecule has 0 saturated heterocycles. The van der Waals surface area contributed by atoms with Gasteiger partial charge in [0, 0.05) is 19.0 Å². The first-order chi connectivity index (χ1) is 7.61. The van der Waals surface area contributed by atoms with Crippen molar-refractivity contribution < 1.29 is 9.53 Å². The van der Waals surface area contributed by atoms with Crippen LogP contribution in [0.15, 0.2) is 24.3 Å². The zero-order valence-corrected chi connectivity index (χ0v) is 9.69. The lowest BCUT2D eigenvalue weighted by atomic mass is 10.2. The normalized spacial score (nSPS) is 11.9. The molecule has 0 heterocycles. The lowest BCUT2D eigenvalue weighted by Crippen LogP contribution is -2.29. The van der Waals surface area contributed by atoms with Crippen LogP contribution >= 0.6 is 0 Å². The summed E-state index contributed by atoms with van der Waals surface area (Å²) < 4.78 is 5.09. The predicted octanol–water partition coefficient (Wildman–Crippen LogP) is 1.05. The molecular weight excluding hydrogens is 204 g/mol.